The van der Waals surface area contributed by atoms with Gasteiger partial charge in [0.15, 0.2) is 0 Å². The van der Waals surface area contributed by atoms with Gasteiger partial charge in [0.2, 0.25) is 0 Å². The zero-order valence-electron chi connectivity index (χ0n) is 10.1. The van der Waals surface area contributed by atoms with E-state index in [9.17, 15) is 4.79 Å². The Morgan fingerprint density at radius 1 is 1.61 bits per heavy atom. The molecule has 2 atom stereocenters. The molecule has 0 saturated carbocycles. The number of hydrazine groups is 1. The third kappa shape index (κ3) is 3.78. The van der Waals surface area contributed by atoms with Crippen LogP contribution in [0, 0.1) is 0 Å². The summed E-state index contributed by atoms with van der Waals surface area (Å²) in [4.78, 5) is 12.6. The minimum absolute atomic E-state index is 0.00985. The van der Waals surface area contributed by atoms with Crippen LogP contribution in [0.3, 0.4) is 0 Å². The van der Waals surface area contributed by atoms with Crippen molar-refractivity contribution in [2.24, 2.45) is 5.84 Å². The normalized spacial score (nSPS) is 23.2. The van der Waals surface area contributed by atoms with Crippen molar-refractivity contribution in [1.29, 1.82) is 0 Å². The maximum atomic E-state index is 11.2. The summed E-state index contributed by atoms with van der Waals surface area (Å²) in [5.74, 6) is 4.81. The summed E-state index contributed by atoms with van der Waals surface area (Å²) in [5, 5.41) is 2.06. The number of hydrogen-bond donors (Lipinski definition) is 2. The average Bonchev–Trinajstić information content (AvgIpc) is 3.05. The first-order valence-electron chi connectivity index (χ1n) is 6.05. The van der Waals surface area contributed by atoms with E-state index in [0.29, 0.717) is 19.6 Å². The molecule has 100 valence electrons. The van der Waals surface area contributed by atoms with Crippen LogP contribution in [-0.2, 0) is 20.7 Å². The van der Waals surface area contributed by atoms with Crippen LogP contribution in [0.2, 0.25) is 0 Å². The lowest BCUT2D eigenvalue weighted by atomic mass is 10.2. The number of thiophene rings is 1. The highest BCUT2D eigenvalue weighted by Gasteiger charge is 2.30. The molecule has 1 aromatic rings. The third-order valence-corrected chi connectivity index (χ3v) is 3.86. The highest BCUT2D eigenvalue weighted by Crippen LogP contribution is 2.20. The van der Waals surface area contributed by atoms with Gasteiger partial charge in [-0.25, -0.2) is 5.84 Å². The van der Waals surface area contributed by atoms with Gasteiger partial charge >= 0.3 is 0 Å². The Labute approximate surface area is 110 Å². The minimum atomic E-state index is -0.416. The van der Waals surface area contributed by atoms with E-state index in [2.05, 4.69) is 16.9 Å². The van der Waals surface area contributed by atoms with Crippen LogP contribution in [0.15, 0.2) is 17.5 Å². The number of nitrogens with two attached hydrogens (primary N) is 1. The molecule has 1 aliphatic rings. The first-order chi connectivity index (χ1) is 8.79. The fourth-order valence-electron chi connectivity index (χ4n) is 1.96. The summed E-state index contributed by atoms with van der Waals surface area (Å²) >= 11 is 1.73. The van der Waals surface area contributed by atoms with Crippen LogP contribution in [-0.4, -0.2) is 31.3 Å². The van der Waals surface area contributed by atoms with Gasteiger partial charge in [0.05, 0.1) is 19.3 Å². The molecule has 2 unspecified atom stereocenters. The van der Waals surface area contributed by atoms with E-state index in [-0.39, 0.29) is 12.0 Å². The molecule has 0 radical (unpaired) electrons. The summed E-state index contributed by atoms with van der Waals surface area (Å²) in [6.07, 6.45) is 2.08. The van der Waals surface area contributed by atoms with Gasteiger partial charge in [-0.05, 0) is 24.3 Å². The topological polar surface area (TPSA) is 73.6 Å². The summed E-state index contributed by atoms with van der Waals surface area (Å²) in [6, 6.07) is 4.14. The van der Waals surface area contributed by atoms with Crippen LogP contribution in [0.5, 0.6) is 0 Å². The van der Waals surface area contributed by atoms with Crippen LogP contribution in [0.25, 0.3) is 0 Å². The van der Waals surface area contributed by atoms with Gasteiger partial charge in [0, 0.05) is 11.3 Å². The van der Waals surface area contributed by atoms with E-state index in [1.54, 1.807) is 11.3 Å². The number of carbonyl (C=O) groups excluding carboxylic acids is 1. The minimum Gasteiger partial charge on any atom is -0.378 e. The second-order valence-corrected chi connectivity index (χ2v) is 5.27. The summed E-state index contributed by atoms with van der Waals surface area (Å²) in [5.41, 5.74) is 2.11. The molecule has 18 heavy (non-hydrogen) atoms. The molecular weight excluding hydrogens is 252 g/mol. The van der Waals surface area contributed by atoms with Gasteiger partial charge in [0.1, 0.15) is 6.10 Å². The molecule has 0 bridgehead atoms. The monoisotopic (exact) mass is 270 g/mol. The lowest BCUT2D eigenvalue weighted by Crippen LogP contribution is -2.39. The maximum Gasteiger partial charge on any atom is 0.263 e. The predicted octanol–water partition coefficient (Wildman–Crippen LogP) is 0.845. The van der Waals surface area contributed by atoms with Crippen molar-refractivity contribution in [3.63, 3.8) is 0 Å². The Kier molecular flexibility index (Phi) is 5.12. The Balaban J connectivity index is 1.59. The lowest BCUT2D eigenvalue weighted by Gasteiger charge is -2.12. The molecule has 1 amide bonds. The molecule has 1 fully saturated rings. The zero-order valence-corrected chi connectivity index (χ0v) is 10.9. The highest BCUT2D eigenvalue weighted by molar-refractivity contribution is 7.09. The van der Waals surface area contributed by atoms with E-state index < -0.39 is 6.10 Å². The standard InChI is InChI=1S/C12H18N2O3S/c13-14-12(15)11-4-3-9(17-11)8-16-6-5-10-2-1-7-18-10/h1-2,7,9,11H,3-6,8,13H2,(H,14,15). The molecule has 0 spiro atoms. The number of ether oxygens (including phenoxy) is 2. The number of rotatable bonds is 6. The van der Waals surface area contributed by atoms with Gasteiger partial charge in [-0.3, -0.25) is 10.2 Å². The molecule has 2 heterocycles. The van der Waals surface area contributed by atoms with Gasteiger partial charge in [-0.15, -0.1) is 11.3 Å². The van der Waals surface area contributed by atoms with Gasteiger partial charge in [0.25, 0.3) is 5.91 Å². The number of hydrogen-bond acceptors (Lipinski definition) is 5. The van der Waals surface area contributed by atoms with Crippen LogP contribution >= 0.6 is 11.3 Å². The van der Waals surface area contributed by atoms with Gasteiger partial charge in [-0.1, -0.05) is 6.07 Å². The highest BCUT2D eigenvalue weighted by atomic mass is 32.1. The fraction of sp³-hybridized carbons (Fsp3) is 0.583. The zero-order chi connectivity index (χ0) is 12.8. The molecular formula is C12H18N2O3S. The van der Waals surface area contributed by atoms with Crippen molar-refractivity contribution >= 4 is 17.2 Å². The van der Waals surface area contributed by atoms with Crippen molar-refractivity contribution < 1.29 is 14.3 Å². The first-order valence-corrected chi connectivity index (χ1v) is 6.93. The van der Waals surface area contributed by atoms with Crippen molar-refractivity contribution in [3.8, 4) is 0 Å². The maximum absolute atomic E-state index is 11.2. The van der Waals surface area contributed by atoms with E-state index in [0.717, 1.165) is 12.8 Å². The predicted molar refractivity (Wildman–Crippen MR) is 69.1 cm³/mol. The van der Waals surface area contributed by atoms with Crippen molar-refractivity contribution in [1.82, 2.24) is 5.43 Å². The second kappa shape index (κ2) is 6.84. The molecule has 6 heteroatoms. The Morgan fingerprint density at radius 2 is 2.50 bits per heavy atom. The van der Waals surface area contributed by atoms with Crippen LogP contribution in [0.1, 0.15) is 17.7 Å². The largest absolute Gasteiger partial charge is 0.378 e. The van der Waals surface area contributed by atoms with Crippen LogP contribution < -0.4 is 11.3 Å². The van der Waals surface area contributed by atoms with E-state index in [1.165, 1.54) is 4.88 Å². The molecule has 2 rings (SSSR count). The van der Waals surface area contributed by atoms with Crippen molar-refractivity contribution in [2.75, 3.05) is 13.2 Å². The van der Waals surface area contributed by atoms with Gasteiger partial charge in [-0.2, -0.15) is 0 Å². The average molecular weight is 270 g/mol. The lowest BCUT2D eigenvalue weighted by molar-refractivity contribution is -0.133. The molecule has 3 N–H and O–H groups in total. The molecule has 1 aliphatic heterocycles. The third-order valence-electron chi connectivity index (χ3n) is 2.92. The summed E-state index contributed by atoms with van der Waals surface area (Å²) in [6.45, 7) is 1.23. The molecule has 1 aromatic heterocycles. The Hall–Kier alpha value is -0.950. The van der Waals surface area contributed by atoms with Gasteiger partial charge < -0.3 is 9.47 Å². The SMILES string of the molecule is NNC(=O)C1CCC(COCCc2cccs2)O1. The number of amides is 1. The first kappa shape index (κ1) is 13.5. The molecule has 5 nitrogen and oxygen atoms in total. The quantitative estimate of drug-likeness (QED) is 0.348. The summed E-state index contributed by atoms with van der Waals surface area (Å²) < 4.78 is 11.1. The smallest absolute Gasteiger partial charge is 0.263 e. The van der Waals surface area contributed by atoms with E-state index >= 15 is 0 Å². The fourth-order valence-corrected chi connectivity index (χ4v) is 2.65. The molecule has 0 aromatic carbocycles. The number of nitrogens with one attached hydrogen (secondary N) is 1. The number of carbonyl (C=O) groups is 1. The molecule has 0 aliphatic carbocycles. The van der Waals surface area contributed by atoms with E-state index in [4.69, 9.17) is 15.3 Å². The summed E-state index contributed by atoms with van der Waals surface area (Å²) in [7, 11) is 0. The Morgan fingerprint density at radius 3 is 3.22 bits per heavy atom. The van der Waals surface area contributed by atoms with Crippen molar-refractivity contribution in [2.45, 2.75) is 31.5 Å². The van der Waals surface area contributed by atoms with Crippen molar-refractivity contribution in [3.05, 3.63) is 22.4 Å². The second-order valence-electron chi connectivity index (χ2n) is 4.24. The molecule has 1 saturated heterocycles. The van der Waals surface area contributed by atoms with Crippen LogP contribution in [0.4, 0.5) is 0 Å². The Bertz CT molecular complexity index is 369. The van der Waals surface area contributed by atoms with E-state index in [1.807, 2.05) is 6.07 Å².